The van der Waals surface area contributed by atoms with E-state index in [4.69, 9.17) is 9.47 Å². The number of aromatic nitrogens is 2. The minimum atomic E-state index is 0.0340. The Morgan fingerprint density at radius 2 is 2.00 bits per heavy atom. The van der Waals surface area contributed by atoms with Crippen LogP contribution in [-0.2, 0) is 0 Å². The molecule has 0 saturated carbocycles. The van der Waals surface area contributed by atoms with Gasteiger partial charge < -0.3 is 14.4 Å². The molecule has 1 amide bonds. The van der Waals surface area contributed by atoms with Crippen molar-refractivity contribution in [2.24, 2.45) is 0 Å². The number of rotatable bonds is 5. The minimum Gasteiger partial charge on any atom is -0.497 e. The number of benzene rings is 1. The van der Waals surface area contributed by atoms with Crippen LogP contribution in [0.15, 0.2) is 61.1 Å². The smallest absolute Gasteiger partial charge is 0.255 e. The van der Waals surface area contributed by atoms with E-state index in [0.717, 1.165) is 30.0 Å². The van der Waals surface area contributed by atoms with E-state index in [1.807, 2.05) is 41.4 Å². The van der Waals surface area contributed by atoms with Gasteiger partial charge in [-0.2, -0.15) is 0 Å². The molecule has 1 aliphatic rings. The maximum absolute atomic E-state index is 12.7. The zero-order chi connectivity index (χ0) is 20.2. The zero-order valence-corrected chi connectivity index (χ0v) is 16.5. The van der Waals surface area contributed by atoms with E-state index in [2.05, 4.69) is 16.0 Å². The van der Waals surface area contributed by atoms with E-state index in [1.165, 1.54) is 5.56 Å². The molecule has 148 valence electrons. The number of carbonyl (C=O) groups is 1. The lowest BCUT2D eigenvalue weighted by molar-refractivity contribution is 0.0790. The molecule has 3 heterocycles. The molecule has 1 fully saturated rings. The van der Waals surface area contributed by atoms with E-state index in [0.29, 0.717) is 17.9 Å². The number of ether oxygens (including phenoxy) is 2. The van der Waals surface area contributed by atoms with Crippen molar-refractivity contribution in [2.45, 2.75) is 12.3 Å². The van der Waals surface area contributed by atoms with Crippen LogP contribution < -0.4 is 9.47 Å². The first-order valence-electron chi connectivity index (χ1n) is 9.57. The van der Waals surface area contributed by atoms with Gasteiger partial charge in [-0.1, -0.05) is 0 Å². The minimum absolute atomic E-state index is 0.0340. The lowest BCUT2D eigenvalue weighted by atomic mass is 9.97. The molecule has 0 N–H and O–H groups in total. The van der Waals surface area contributed by atoms with Gasteiger partial charge in [0.25, 0.3) is 5.91 Å². The molecular formula is C23H23N3O3. The van der Waals surface area contributed by atoms with E-state index in [9.17, 15) is 4.79 Å². The second-order valence-corrected chi connectivity index (χ2v) is 7.02. The molecule has 2 aromatic heterocycles. The van der Waals surface area contributed by atoms with Gasteiger partial charge in [0.2, 0.25) is 0 Å². The van der Waals surface area contributed by atoms with Gasteiger partial charge in [0.1, 0.15) is 11.5 Å². The Bertz CT molecular complexity index is 1010. The molecule has 29 heavy (non-hydrogen) atoms. The van der Waals surface area contributed by atoms with Crippen LogP contribution in [0, 0.1) is 0 Å². The molecule has 0 aliphatic carbocycles. The number of hydrogen-bond donors (Lipinski definition) is 0. The van der Waals surface area contributed by atoms with Crippen molar-refractivity contribution in [1.29, 1.82) is 0 Å². The third kappa shape index (κ3) is 3.92. The van der Waals surface area contributed by atoms with Gasteiger partial charge in [0.05, 0.1) is 25.5 Å². The Morgan fingerprint density at radius 1 is 1.10 bits per heavy atom. The number of methoxy groups -OCH3 is 2. The summed E-state index contributed by atoms with van der Waals surface area (Å²) in [6.45, 7) is 1.43. The summed E-state index contributed by atoms with van der Waals surface area (Å²) in [5.74, 6) is 1.77. The van der Waals surface area contributed by atoms with Crippen molar-refractivity contribution < 1.29 is 14.3 Å². The van der Waals surface area contributed by atoms with Gasteiger partial charge >= 0.3 is 0 Å². The Labute approximate surface area is 170 Å². The standard InChI is InChI=1S/C23H23N3O3/c1-28-19-5-6-20(22(13-19)29-2)21-12-16(7-10-25-21)18-8-11-26(15-18)23(27)17-4-3-9-24-14-17/h3-7,9-10,12-14,18H,8,11,15H2,1-2H3/t18-/m0/s1. The highest BCUT2D eigenvalue weighted by molar-refractivity contribution is 5.94. The highest BCUT2D eigenvalue weighted by Gasteiger charge is 2.28. The summed E-state index contributed by atoms with van der Waals surface area (Å²) in [6, 6.07) is 13.4. The van der Waals surface area contributed by atoms with Crippen molar-refractivity contribution in [3.63, 3.8) is 0 Å². The molecule has 1 aromatic carbocycles. The Hall–Kier alpha value is -3.41. The van der Waals surface area contributed by atoms with Gasteiger partial charge in [-0.25, -0.2) is 0 Å². The molecule has 0 spiro atoms. The summed E-state index contributed by atoms with van der Waals surface area (Å²) >= 11 is 0. The summed E-state index contributed by atoms with van der Waals surface area (Å²) in [7, 11) is 3.27. The van der Waals surface area contributed by atoms with Gasteiger partial charge in [-0.3, -0.25) is 14.8 Å². The van der Waals surface area contributed by atoms with Crippen LogP contribution in [0.25, 0.3) is 11.3 Å². The Balaban J connectivity index is 1.55. The molecule has 4 rings (SSSR count). The Morgan fingerprint density at radius 3 is 2.76 bits per heavy atom. The summed E-state index contributed by atoms with van der Waals surface area (Å²) in [5, 5.41) is 0. The molecule has 0 unspecified atom stereocenters. The monoisotopic (exact) mass is 389 g/mol. The SMILES string of the molecule is COc1ccc(-c2cc([C@H]3CCN(C(=O)c4cccnc4)C3)ccn2)c(OC)c1. The number of pyridine rings is 2. The third-order valence-corrected chi connectivity index (χ3v) is 5.32. The quantitative estimate of drug-likeness (QED) is 0.664. The average molecular weight is 389 g/mol. The number of amides is 1. The lowest BCUT2D eigenvalue weighted by Crippen LogP contribution is -2.28. The van der Waals surface area contributed by atoms with Gasteiger partial charge in [-0.05, 0) is 48.4 Å². The maximum atomic E-state index is 12.7. The zero-order valence-electron chi connectivity index (χ0n) is 16.5. The van der Waals surface area contributed by atoms with Crippen LogP contribution in [0.1, 0.15) is 28.3 Å². The molecular weight excluding hydrogens is 366 g/mol. The molecule has 6 heteroatoms. The summed E-state index contributed by atoms with van der Waals surface area (Å²) < 4.78 is 10.8. The number of likely N-dealkylation sites (tertiary alicyclic amines) is 1. The van der Waals surface area contributed by atoms with Crippen molar-refractivity contribution >= 4 is 5.91 Å². The number of hydrogen-bond acceptors (Lipinski definition) is 5. The van der Waals surface area contributed by atoms with E-state index in [-0.39, 0.29) is 11.8 Å². The normalized spacial score (nSPS) is 15.9. The second-order valence-electron chi connectivity index (χ2n) is 7.02. The van der Waals surface area contributed by atoms with Crippen molar-refractivity contribution in [3.05, 3.63) is 72.2 Å². The van der Waals surface area contributed by atoms with Crippen molar-refractivity contribution in [1.82, 2.24) is 14.9 Å². The molecule has 6 nitrogen and oxygen atoms in total. The van der Waals surface area contributed by atoms with E-state index >= 15 is 0 Å². The molecule has 1 aliphatic heterocycles. The molecule has 0 bridgehead atoms. The number of carbonyl (C=O) groups excluding carboxylic acids is 1. The maximum Gasteiger partial charge on any atom is 0.255 e. The van der Waals surface area contributed by atoms with Crippen molar-refractivity contribution in [2.75, 3.05) is 27.3 Å². The van der Waals surface area contributed by atoms with Crippen LogP contribution in [0.5, 0.6) is 11.5 Å². The van der Waals surface area contributed by atoms with Crippen molar-refractivity contribution in [3.8, 4) is 22.8 Å². The summed E-state index contributed by atoms with van der Waals surface area (Å²) in [5.41, 5.74) is 3.57. The molecule has 1 atom stereocenters. The summed E-state index contributed by atoms with van der Waals surface area (Å²) in [6.07, 6.45) is 6.04. The van der Waals surface area contributed by atoms with Gasteiger partial charge in [0.15, 0.2) is 0 Å². The fraction of sp³-hybridized carbons (Fsp3) is 0.261. The topological polar surface area (TPSA) is 64.5 Å². The highest BCUT2D eigenvalue weighted by Crippen LogP contribution is 2.35. The fourth-order valence-electron chi connectivity index (χ4n) is 3.75. The first-order chi connectivity index (χ1) is 14.2. The van der Waals surface area contributed by atoms with Crippen LogP contribution in [0.3, 0.4) is 0 Å². The lowest BCUT2D eigenvalue weighted by Gasteiger charge is -2.17. The van der Waals surface area contributed by atoms with Crippen LogP contribution in [-0.4, -0.2) is 48.1 Å². The number of nitrogens with zero attached hydrogens (tertiary/aromatic N) is 3. The van der Waals surface area contributed by atoms with Gasteiger partial charge in [-0.15, -0.1) is 0 Å². The second kappa shape index (κ2) is 8.31. The van der Waals surface area contributed by atoms with E-state index < -0.39 is 0 Å². The average Bonchev–Trinajstić information content (AvgIpc) is 3.29. The predicted molar refractivity (Wildman–Crippen MR) is 110 cm³/mol. The third-order valence-electron chi connectivity index (χ3n) is 5.32. The van der Waals surface area contributed by atoms with Crippen LogP contribution in [0.2, 0.25) is 0 Å². The van der Waals surface area contributed by atoms with Gasteiger partial charge in [0, 0.05) is 49.2 Å². The van der Waals surface area contributed by atoms with Crippen LogP contribution in [0.4, 0.5) is 0 Å². The van der Waals surface area contributed by atoms with E-state index in [1.54, 1.807) is 32.7 Å². The molecule has 1 saturated heterocycles. The fourth-order valence-corrected chi connectivity index (χ4v) is 3.75. The predicted octanol–water partition coefficient (Wildman–Crippen LogP) is 3.79. The molecule has 0 radical (unpaired) electrons. The first kappa shape index (κ1) is 18.9. The van der Waals surface area contributed by atoms with Crippen LogP contribution >= 0.6 is 0 Å². The highest BCUT2D eigenvalue weighted by atomic mass is 16.5. The largest absolute Gasteiger partial charge is 0.497 e. The Kier molecular flexibility index (Phi) is 5.42. The first-order valence-corrected chi connectivity index (χ1v) is 9.57. The summed E-state index contributed by atoms with van der Waals surface area (Å²) in [4.78, 5) is 23.2. The molecule has 3 aromatic rings.